The predicted molar refractivity (Wildman–Crippen MR) is 40.9 cm³/mol. The summed E-state index contributed by atoms with van der Waals surface area (Å²) >= 11 is 0. The molecule has 0 aromatic carbocycles. The molecule has 1 rings (SSSR count). The first-order chi connectivity index (χ1) is 5.42. The molecule has 1 heterocycles. The number of carbonyl (C=O) groups excluding carboxylic acids is 1. The number of carbonyl (C=O) groups is 1. The fourth-order valence-electron chi connectivity index (χ4n) is 1.37. The van der Waals surface area contributed by atoms with E-state index in [2.05, 4.69) is 5.32 Å². The average Bonchev–Trinajstić information content (AvgIpc) is 1.94. The monoisotopic (exact) mass is 177 g/mol. The SMILES string of the molecule is CC(C)C1CC(F)(F)CNC1=O. The largest absolute Gasteiger partial charge is 0.350 e. The summed E-state index contributed by atoms with van der Waals surface area (Å²) < 4.78 is 25.5. The van der Waals surface area contributed by atoms with E-state index in [1.165, 1.54) is 0 Å². The molecule has 4 heteroatoms. The highest BCUT2D eigenvalue weighted by Gasteiger charge is 2.41. The van der Waals surface area contributed by atoms with Crippen LogP contribution in [0.25, 0.3) is 0 Å². The number of amides is 1. The average molecular weight is 177 g/mol. The van der Waals surface area contributed by atoms with Crippen LogP contribution in [-0.4, -0.2) is 18.4 Å². The van der Waals surface area contributed by atoms with E-state index in [1.807, 2.05) is 0 Å². The van der Waals surface area contributed by atoms with Crippen molar-refractivity contribution < 1.29 is 13.6 Å². The van der Waals surface area contributed by atoms with E-state index in [9.17, 15) is 13.6 Å². The normalized spacial score (nSPS) is 28.8. The zero-order valence-corrected chi connectivity index (χ0v) is 7.23. The third-order valence-corrected chi connectivity index (χ3v) is 2.18. The summed E-state index contributed by atoms with van der Waals surface area (Å²) in [7, 11) is 0. The smallest absolute Gasteiger partial charge is 0.265 e. The van der Waals surface area contributed by atoms with Crippen LogP contribution in [0.15, 0.2) is 0 Å². The molecule has 70 valence electrons. The molecule has 0 saturated carbocycles. The van der Waals surface area contributed by atoms with Gasteiger partial charge in [0.2, 0.25) is 5.91 Å². The highest BCUT2D eigenvalue weighted by molar-refractivity contribution is 5.79. The molecule has 1 amide bonds. The zero-order valence-electron chi connectivity index (χ0n) is 7.23. The lowest BCUT2D eigenvalue weighted by Crippen LogP contribution is -2.49. The number of alkyl halides is 2. The summed E-state index contributed by atoms with van der Waals surface area (Å²) in [5.41, 5.74) is 0. The van der Waals surface area contributed by atoms with E-state index in [0.29, 0.717) is 0 Å². The number of hydrogen-bond acceptors (Lipinski definition) is 1. The first-order valence-corrected chi connectivity index (χ1v) is 4.08. The Balaban J connectivity index is 2.66. The first kappa shape index (κ1) is 9.42. The van der Waals surface area contributed by atoms with Crippen molar-refractivity contribution in [2.24, 2.45) is 11.8 Å². The third kappa shape index (κ3) is 1.93. The van der Waals surface area contributed by atoms with Crippen LogP contribution >= 0.6 is 0 Å². The summed E-state index contributed by atoms with van der Waals surface area (Å²) in [5.74, 6) is -3.51. The van der Waals surface area contributed by atoms with Crippen molar-refractivity contribution >= 4 is 5.91 Å². The highest BCUT2D eigenvalue weighted by Crippen LogP contribution is 2.30. The van der Waals surface area contributed by atoms with Gasteiger partial charge in [0.05, 0.1) is 6.54 Å². The summed E-state index contributed by atoms with van der Waals surface area (Å²) in [6.45, 7) is 3.06. The van der Waals surface area contributed by atoms with Gasteiger partial charge in [0.25, 0.3) is 5.92 Å². The van der Waals surface area contributed by atoms with Gasteiger partial charge >= 0.3 is 0 Å². The van der Waals surface area contributed by atoms with Crippen molar-refractivity contribution in [1.29, 1.82) is 0 Å². The summed E-state index contributed by atoms with van der Waals surface area (Å²) in [6.07, 6.45) is -0.309. The third-order valence-electron chi connectivity index (χ3n) is 2.18. The van der Waals surface area contributed by atoms with Crippen LogP contribution in [0.4, 0.5) is 8.78 Å². The molecule has 2 nitrogen and oxygen atoms in total. The van der Waals surface area contributed by atoms with Crippen molar-refractivity contribution in [3.63, 3.8) is 0 Å². The van der Waals surface area contributed by atoms with Crippen molar-refractivity contribution in [2.75, 3.05) is 6.54 Å². The van der Waals surface area contributed by atoms with Gasteiger partial charge in [0.1, 0.15) is 0 Å². The zero-order chi connectivity index (χ0) is 9.35. The molecular formula is C8H13F2NO. The maximum Gasteiger partial charge on any atom is 0.265 e. The van der Waals surface area contributed by atoms with Crippen LogP contribution in [0.3, 0.4) is 0 Å². The fourth-order valence-corrected chi connectivity index (χ4v) is 1.37. The van der Waals surface area contributed by atoms with Gasteiger partial charge in [0.15, 0.2) is 0 Å². The van der Waals surface area contributed by atoms with Crippen LogP contribution in [-0.2, 0) is 4.79 Å². The lowest BCUT2D eigenvalue weighted by atomic mass is 9.86. The minimum absolute atomic E-state index is 0.0174. The maximum absolute atomic E-state index is 12.8. The predicted octanol–water partition coefficient (Wildman–Crippen LogP) is 1.41. The molecule has 1 unspecified atom stereocenters. The lowest BCUT2D eigenvalue weighted by molar-refractivity contribution is -0.138. The molecule has 0 radical (unpaired) electrons. The molecule has 1 atom stereocenters. The summed E-state index contributed by atoms with van der Waals surface area (Å²) in [6, 6.07) is 0. The van der Waals surface area contributed by atoms with Gasteiger partial charge in [0, 0.05) is 12.3 Å². The Labute approximate surface area is 70.3 Å². The number of hydrogen-bond donors (Lipinski definition) is 1. The fraction of sp³-hybridized carbons (Fsp3) is 0.875. The van der Waals surface area contributed by atoms with Gasteiger partial charge in [-0.15, -0.1) is 0 Å². The van der Waals surface area contributed by atoms with Crippen LogP contribution in [0, 0.1) is 11.8 Å². The maximum atomic E-state index is 12.8. The minimum atomic E-state index is -2.72. The van der Waals surface area contributed by atoms with E-state index in [0.717, 1.165) is 0 Å². The topological polar surface area (TPSA) is 29.1 Å². The standard InChI is InChI=1S/C8H13F2NO/c1-5(2)6-3-8(9,10)4-11-7(6)12/h5-6H,3-4H2,1-2H3,(H,11,12). The molecule has 1 saturated heterocycles. The number of nitrogens with one attached hydrogen (secondary N) is 1. The van der Waals surface area contributed by atoms with Crippen molar-refractivity contribution in [3.8, 4) is 0 Å². The molecule has 0 aromatic rings. The molecule has 12 heavy (non-hydrogen) atoms. The second-order valence-electron chi connectivity index (χ2n) is 3.63. The molecule has 1 aliphatic heterocycles. The van der Waals surface area contributed by atoms with E-state index < -0.39 is 18.4 Å². The minimum Gasteiger partial charge on any atom is -0.350 e. The molecule has 0 aromatic heterocycles. The first-order valence-electron chi connectivity index (χ1n) is 4.08. The van der Waals surface area contributed by atoms with Crippen LogP contribution < -0.4 is 5.32 Å². The molecular weight excluding hydrogens is 164 g/mol. The summed E-state index contributed by atoms with van der Waals surface area (Å²) in [4.78, 5) is 11.1. The molecule has 0 bridgehead atoms. The molecule has 1 fully saturated rings. The number of halogens is 2. The van der Waals surface area contributed by atoms with Gasteiger partial charge in [-0.05, 0) is 5.92 Å². The van der Waals surface area contributed by atoms with Gasteiger partial charge in [-0.2, -0.15) is 0 Å². The molecule has 0 aliphatic carbocycles. The quantitative estimate of drug-likeness (QED) is 0.644. The lowest BCUT2D eigenvalue weighted by Gasteiger charge is -2.30. The molecule has 0 spiro atoms. The van der Waals surface area contributed by atoms with E-state index in [-0.39, 0.29) is 18.2 Å². The summed E-state index contributed by atoms with van der Waals surface area (Å²) in [5, 5.41) is 2.21. The second-order valence-corrected chi connectivity index (χ2v) is 3.63. The van der Waals surface area contributed by atoms with Gasteiger partial charge in [-0.3, -0.25) is 4.79 Å². The number of rotatable bonds is 1. The Morgan fingerprint density at radius 1 is 1.58 bits per heavy atom. The van der Waals surface area contributed by atoms with E-state index in [1.54, 1.807) is 13.8 Å². The van der Waals surface area contributed by atoms with Crippen molar-refractivity contribution in [2.45, 2.75) is 26.2 Å². The van der Waals surface area contributed by atoms with Crippen LogP contribution in [0.5, 0.6) is 0 Å². The second kappa shape index (κ2) is 2.99. The Morgan fingerprint density at radius 2 is 2.17 bits per heavy atom. The molecule has 1 aliphatic rings. The highest BCUT2D eigenvalue weighted by atomic mass is 19.3. The Kier molecular flexibility index (Phi) is 2.35. The van der Waals surface area contributed by atoms with Crippen molar-refractivity contribution in [3.05, 3.63) is 0 Å². The van der Waals surface area contributed by atoms with Crippen molar-refractivity contribution in [1.82, 2.24) is 5.32 Å². The number of piperidine rings is 1. The van der Waals surface area contributed by atoms with Gasteiger partial charge in [-0.1, -0.05) is 13.8 Å². The molecule has 1 N–H and O–H groups in total. The van der Waals surface area contributed by atoms with Gasteiger partial charge < -0.3 is 5.32 Å². The van der Waals surface area contributed by atoms with Crippen LogP contribution in [0.2, 0.25) is 0 Å². The van der Waals surface area contributed by atoms with E-state index >= 15 is 0 Å². The van der Waals surface area contributed by atoms with Gasteiger partial charge in [-0.25, -0.2) is 8.78 Å². The Hall–Kier alpha value is -0.670. The Morgan fingerprint density at radius 3 is 2.58 bits per heavy atom. The van der Waals surface area contributed by atoms with Crippen LogP contribution in [0.1, 0.15) is 20.3 Å². The van der Waals surface area contributed by atoms with E-state index in [4.69, 9.17) is 0 Å². The Bertz CT molecular complexity index is 191.